The van der Waals surface area contributed by atoms with Crippen LogP contribution in [0.15, 0.2) is 64.9 Å². The van der Waals surface area contributed by atoms with E-state index in [0.29, 0.717) is 0 Å². The van der Waals surface area contributed by atoms with Crippen molar-refractivity contribution >= 4 is 50.0 Å². The summed E-state index contributed by atoms with van der Waals surface area (Å²) in [5.41, 5.74) is 0.472. The first kappa shape index (κ1) is 22.9. The number of sulfonamides is 1. The summed E-state index contributed by atoms with van der Waals surface area (Å²) in [7, 11) is -2.82. The van der Waals surface area contributed by atoms with Gasteiger partial charge in [0.05, 0.1) is 17.6 Å². The van der Waals surface area contributed by atoms with Gasteiger partial charge in [-0.25, -0.2) is 17.6 Å². The summed E-state index contributed by atoms with van der Waals surface area (Å²) in [5.74, 6) is -1.84. The van der Waals surface area contributed by atoms with Crippen LogP contribution in [-0.4, -0.2) is 33.4 Å². The normalized spacial score (nSPS) is 10.8. The van der Waals surface area contributed by atoms with Crippen LogP contribution in [0.25, 0.3) is 0 Å². The number of hydrogen-bond donors (Lipinski definition) is 3. The molecule has 3 rings (SSSR count). The fraction of sp³-hybridized carbons (Fsp3) is 0.0500. The van der Waals surface area contributed by atoms with Gasteiger partial charge in [-0.15, -0.1) is 11.3 Å². The first-order chi connectivity index (χ1) is 15.2. The minimum Gasteiger partial charge on any atom is -0.453 e. The highest BCUT2D eigenvalue weighted by atomic mass is 32.2. The van der Waals surface area contributed by atoms with E-state index in [2.05, 4.69) is 14.8 Å². The average Bonchev–Trinajstić information content (AvgIpc) is 3.22. The van der Waals surface area contributed by atoms with E-state index in [1.807, 2.05) is 5.32 Å². The maximum Gasteiger partial charge on any atom is 0.413 e. The Bertz CT molecular complexity index is 1260. The van der Waals surface area contributed by atoms with Gasteiger partial charge in [-0.1, -0.05) is 0 Å². The van der Waals surface area contributed by atoms with Gasteiger partial charge in [0, 0.05) is 11.3 Å². The number of anilines is 2. The van der Waals surface area contributed by atoms with E-state index in [-0.39, 0.29) is 26.7 Å². The number of rotatable bonds is 6. The smallest absolute Gasteiger partial charge is 0.413 e. The molecule has 0 saturated heterocycles. The number of ether oxygens (including phenoxy) is 1. The molecule has 3 aromatic rings. The summed E-state index contributed by atoms with van der Waals surface area (Å²) >= 11 is 1.08. The number of amides is 3. The highest BCUT2D eigenvalue weighted by molar-refractivity contribution is 7.92. The summed E-state index contributed by atoms with van der Waals surface area (Å²) < 4.78 is 44.4. The molecule has 0 atom stereocenters. The predicted octanol–water partition coefficient (Wildman–Crippen LogP) is 3.44. The van der Waals surface area contributed by atoms with Gasteiger partial charge in [-0.05, 0) is 60.0 Å². The van der Waals surface area contributed by atoms with Crippen LogP contribution in [0.4, 0.5) is 19.9 Å². The van der Waals surface area contributed by atoms with Crippen LogP contribution in [0.1, 0.15) is 20.7 Å². The second-order valence-corrected chi connectivity index (χ2v) is 8.80. The van der Waals surface area contributed by atoms with E-state index < -0.39 is 33.7 Å². The van der Waals surface area contributed by atoms with Crippen molar-refractivity contribution in [2.24, 2.45) is 0 Å². The van der Waals surface area contributed by atoms with Gasteiger partial charge in [-0.2, -0.15) is 0 Å². The summed E-state index contributed by atoms with van der Waals surface area (Å²) in [6.07, 6.45) is -0.933. The first-order valence-electron chi connectivity index (χ1n) is 8.86. The zero-order chi connectivity index (χ0) is 23.3. The van der Waals surface area contributed by atoms with Gasteiger partial charge in [0.2, 0.25) is 0 Å². The molecule has 32 heavy (non-hydrogen) atoms. The third kappa shape index (κ3) is 5.47. The van der Waals surface area contributed by atoms with Gasteiger partial charge in [0.25, 0.3) is 21.8 Å². The third-order valence-electron chi connectivity index (χ3n) is 4.06. The Morgan fingerprint density at radius 2 is 1.59 bits per heavy atom. The molecule has 0 aliphatic rings. The number of methoxy groups -OCH3 is 1. The molecule has 3 amide bonds. The molecule has 3 N–H and O–H groups in total. The molecule has 2 aromatic carbocycles. The molecule has 1 aromatic heterocycles. The summed E-state index contributed by atoms with van der Waals surface area (Å²) in [6, 6.07) is 11.3. The fourth-order valence-corrected chi connectivity index (χ4v) is 4.33. The van der Waals surface area contributed by atoms with Gasteiger partial charge in [0.15, 0.2) is 0 Å². The SMILES string of the molecule is COC(=O)NC(=O)c1ccsc1NC(=O)c1ccc(NS(=O)(=O)c2ccc(F)cc2)cc1. The van der Waals surface area contributed by atoms with Crippen molar-refractivity contribution in [3.8, 4) is 0 Å². The standard InChI is InChI=1S/C20H16FN3O6S2/c1-30-20(27)23-18(26)16-10-11-31-19(16)22-17(25)12-2-6-14(7-3-12)24-32(28,29)15-8-4-13(21)5-9-15/h2-11,24H,1H3,(H,22,25)(H,23,26,27). The van der Waals surface area contributed by atoms with Crippen LogP contribution in [-0.2, 0) is 14.8 Å². The average molecular weight is 477 g/mol. The van der Waals surface area contributed by atoms with Gasteiger partial charge in [-0.3, -0.25) is 19.6 Å². The minimum absolute atomic E-state index is 0.0810. The van der Waals surface area contributed by atoms with Crippen molar-refractivity contribution < 1.29 is 31.9 Å². The number of hydrogen-bond acceptors (Lipinski definition) is 7. The quantitative estimate of drug-likeness (QED) is 0.499. The zero-order valence-electron chi connectivity index (χ0n) is 16.4. The lowest BCUT2D eigenvalue weighted by Crippen LogP contribution is -2.30. The molecule has 0 spiro atoms. The largest absolute Gasteiger partial charge is 0.453 e. The summed E-state index contributed by atoms with van der Waals surface area (Å²) in [5, 5.41) is 6.36. The number of halogens is 1. The second kappa shape index (κ2) is 9.58. The molecule has 12 heteroatoms. The summed E-state index contributed by atoms with van der Waals surface area (Å²) in [4.78, 5) is 35.7. The van der Waals surface area contributed by atoms with Crippen LogP contribution in [0, 0.1) is 5.82 Å². The van der Waals surface area contributed by atoms with Gasteiger partial charge in [0.1, 0.15) is 10.8 Å². The number of benzene rings is 2. The molecule has 0 unspecified atom stereocenters. The third-order valence-corrected chi connectivity index (χ3v) is 6.29. The van der Waals surface area contributed by atoms with Crippen molar-refractivity contribution in [1.29, 1.82) is 0 Å². The second-order valence-electron chi connectivity index (χ2n) is 6.20. The van der Waals surface area contributed by atoms with Crippen LogP contribution in [0.3, 0.4) is 0 Å². The van der Waals surface area contributed by atoms with Crippen molar-refractivity contribution in [3.63, 3.8) is 0 Å². The minimum atomic E-state index is -3.93. The Hall–Kier alpha value is -3.77. The molecule has 0 bridgehead atoms. The predicted molar refractivity (Wildman–Crippen MR) is 116 cm³/mol. The highest BCUT2D eigenvalue weighted by Crippen LogP contribution is 2.24. The number of nitrogens with one attached hydrogen (secondary N) is 3. The molecule has 0 aliphatic carbocycles. The molecular formula is C20H16FN3O6S2. The van der Waals surface area contributed by atoms with Crippen LogP contribution >= 0.6 is 11.3 Å². The first-order valence-corrected chi connectivity index (χ1v) is 11.2. The van der Waals surface area contributed by atoms with Crippen molar-refractivity contribution in [2.75, 3.05) is 17.1 Å². The van der Waals surface area contributed by atoms with Crippen molar-refractivity contribution in [2.45, 2.75) is 4.90 Å². The molecule has 0 radical (unpaired) electrons. The van der Waals surface area contributed by atoms with Crippen molar-refractivity contribution in [3.05, 3.63) is 76.9 Å². The maximum absolute atomic E-state index is 13.0. The van der Waals surface area contributed by atoms with E-state index in [1.54, 1.807) is 5.38 Å². The molecular weight excluding hydrogens is 461 g/mol. The molecule has 1 heterocycles. The molecule has 166 valence electrons. The molecule has 9 nitrogen and oxygen atoms in total. The van der Waals surface area contributed by atoms with Crippen LogP contribution in [0.2, 0.25) is 0 Å². The zero-order valence-corrected chi connectivity index (χ0v) is 18.1. The Labute approximate surface area is 186 Å². The Kier molecular flexibility index (Phi) is 6.85. The number of alkyl carbamates (subject to hydrolysis) is 1. The van der Waals surface area contributed by atoms with E-state index in [1.165, 1.54) is 30.3 Å². The fourth-order valence-electron chi connectivity index (χ4n) is 2.49. The van der Waals surface area contributed by atoms with E-state index in [4.69, 9.17) is 0 Å². The Morgan fingerprint density at radius 3 is 2.22 bits per heavy atom. The Balaban J connectivity index is 1.69. The van der Waals surface area contributed by atoms with E-state index in [9.17, 15) is 27.2 Å². The van der Waals surface area contributed by atoms with Crippen LogP contribution < -0.4 is 15.4 Å². The lowest BCUT2D eigenvalue weighted by molar-refractivity contribution is 0.0938. The lowest BCUT2D eigenvalue weighted by Gasteiger charge is -2.09. The van der Waals surface area contributed by atoms with Crippen LogP contribution in [0.5, 0.6) is 0 Å². The molecule has 0 fully saturated rings. The number of carbonyl (C=O) groups is 3. The Morgan fingerprint density at radius 1 is 0.938 bits per heavy atom. The monoisotopic (exact) mass is 477 g/mol. The number of thiophene rings is 1. The number of carbonyl (C=O) groups excluding carboxylic acids is 3. The highest BCUT2D eigenvalue weighted by Gasteiger charge is 2.19. The maximum atomic E-state index is 13.0. The van der Waals surface area contributed by atoms with Gasteiger partial charge >= 0.3 is 6.09 Å². The molecule has 0 saturated carbocycles. The van der Waals surface area contributed by atoms with E-state index in [0.717, 1.165) is 42.7 Å². The number of imide groups is 1. The van der Waals surface area contributed by atoms with Crippen molar-refractivity contribution in [1.82, 2.24) is 5.32 Å². The van der Waals surface area contributed by atoms with Gasteiger partial charge < -0.3 is 10.1 Å². The molecule has 0 aliphatic heterocycles. The topological polar surface area (TPSA) is 131 Å². The lowest BCUT2D eigenvalue weighted by atomic mass is 10.2. The van der Waals surface area contributed by atoms with E-state index >= 15 is 0 Å². The summed E-state index contributed by atoms with van der Waals surface area (Å²) in [6.45, 7) is 0.